The fourth-order valence-electron chi connectivity index (χ4n) is 4.35. The van der Waals surface area contributed by atoms with Gasteiger partial charge < -0.3 is 15.5 Å². The largest absolute Gasteiger partial charge is 0.355 e. The number of hydrogen-bond acceptors (Lipinski definition) is 3. The van der Waals surface area contributed by atoms with Crippen molar-refractivity contribution < 1.29 is 9.59 Å². The van der Waals surface area contributed by atoms with E-state index in [0.717, 1.165) is 25.2 Å². The van der Waals surface area contributed by atoms with Crippen LogP contribution in [0.15, 0.2) is 60.7 Å². The first-order chi connectivity index (χ1) is 14.5. The number of piperidine rings is 1. The van der Waals surface area contributed by atoms with E-state index in [1.54, 1.807) is 12.1 Å². The lowest BCUT2D eigenvalue weighted by atomic mass is 9.92. The lowest BCUT2D eigenvalue weighted by molar-refractivity contribution is -0.121. The maximum absolute atomic E-state index is 12.6. The average Bonchev–Trinajstić information content (AvgIpc) is 2.74. The third kappa shape index (κ3) is 6.70. The maximum atomic E-state index is 12.6. The van der Waals surface area contributed by atoms with Gasteiger partial charge in [0.25, 0.3) is 5.91 Å². The molecule has 0 radical (unpaired) electrons. The Kier molecular flexibility index (Phi) is 8.03. The van der Waals surface area contributed by atoms with Gasteiger partial charge in [-0.2, -0.15) is 0 Å². The molecule has 1 aliphatic heterocycles. The van der Waals surface area contributed by atoms with Gasteiger partial charge in [-0.1, -0.05) is 62.4 Å². The number of likely N-dealkylation sites (tertiary alicyclic amines) is 1. The smallest absolute Gasteiger partial charge is 0.251 e. The van der Waals surface area contributed by atoms with Crippen LogP contribution in [0.5, 0.6) is 0 Å². The van der Waals surface area contributed by atoms with Gasteiger partial charge in [-0.3, -0.25) is 9.59 Å². The third-order valence-electron chi connectivity index (χ3n) is 5.63. The molecule has 3 rings (SSSR count). The number of carbonyl (C=O) groups excluding carboxylic acids is 2. The Morgan fingerprint density at radius 2 is 1.57 bits per heavy atom. The van der Waals surface area contributed by atoms with E-state index in [1.165, 1.54) is 6.42 Å². The van der Waals surface area contributed by atoms with Crippen LogP contribution in [0.3, 0.4) is 0 Å². The second-order valence-electron chi connectivity index (χ2n) is 8.56. The van der Waals surface area contributed by atoms with Crippen molar-refractivity contribution in [2.75, 3.05) is 26.2 Å². The summed E-state index contributed by atoms with van der Waals surface area (Å²) in [7, 11) is 0. The normalized spacial score (nSPS) is 20.3. The van der Waals surface area contributed by atoms with Crippen LogP contribution >= 0.6 is 0 Å². The number of nitrogens with one attached hydrogen (secondary N) is 2. The average molecular weight is 408 g/mol. The van der Waals surface area contributed by atoms with Gasteiger partial charge in [-0.05, 0) is 36.0 Å². The first kappa shape index (κ1) is 22.0. The Morgan fingerprint density at radius 1 is 0.967 bits per heavy atom. The lowest BCUT2D eigenvalue weighted by Gasteiger charge is -2.34. The highest BCUT2D eigenvalue weighted by Crippen LogP contribution is 2.20. The van der Waals surface area contributed by atoms with Crippen molar-refractivity contribution in [1.82, 2.24) is 15.5 Å². The molecule has 3 atom stereocenters. The number of benzene rings is 2. The molecule has 2 N–H and O–H groups in total. The van der Waals surface area contributed by atoms with Crippen LogP contribution in [0.4, 0.5) is 0 Å². The van der Waals surface area contributed by atoms with Crippen LogP contribution < -0.4 is 10.6 Å². The van der Waals surface area contributed by atoms with Crippen molar-refractivity contribution in [1.29, 1.82) is 0 Å². The number of rotatable bonds is 8. The molecule has 0 bridgehead atoms. The Morgan fingerprint density at radius 3 is 2.20 bits per heavy atom. The third-order valence-corrected chi connectivity index (χ3v) is 5.63. The minimum absolute atomic E-state index is 0.0460. The van der Waals surface area contributed by atoms with Gasteiger partial charge in [-0.25, -0.2) is 0 Å². The standard InChI is InChI=1S/C25H33N3O2/c1-19-15-20(2)18-28(17-19)14-13-26-24(29)16-23(21-9-5-3-6-10-21)27-25(30)22-11-7-4-8-12-22/h3-12,19-20,23H,13-18H2,1-2H3,(H,26,29)(H,27,30). The molecule has 2 aromatic rings. The summed E-state index contributed by atoms with van der Waals surface area (Å²) < 4.78 is 0. The fourth-order valence-corrected chi connectivity index (χ4v) is 4.35. The van der Waals surface area contributed by atoms with E-state index in [1.807, 2.05) is 48.5 Å². The van der Waals surface area contributed by atoms with Gasteiger partial charge in [0.2, 0.25) is 5.91 Å². The molecule has 5 heteroatoms. The zero-order valence-corrected chi connectivity index (χ0v) is 18.0. The fraction of sp³-hybridized carbons (Fsp3) is 0.440. The van der Waals surface area contributed by atoms with Gasteiger partial charge in [0.05, 0.1) is 12.5 Å². The van der Waals surface area contributed by atoms with Crippen LogP contribution in [-0.4, -0.2) is 42.9 Å². The Bertz CT molecular complexity index is 800. The first-order valence-electron chi connectivity index (χ1n) is 10.9. The monoisotopic (exact) mass is 407 g/mol. The molecule has 0 spiro atoms. The molecule has 2 amide bonds. The molecule has 1 fully saturated rings. The van der Waals surface area contributed by atoms with E-state index in [4.69, 9.17) is 0 Å². The topological polar surface area (TPSA) is 61.4 Å². The SMILES string of the molecule is CC1CC(C)CN(CCNC(=O)CC(NC(=O)c2ccccc2)c2ccccc2)C1. The minimum Gasteiger partial charge on any atom is -0.355 e. The van der Waals surface area contributed by atoms with Crippen LogP contribution in [0, 0.1) is 11.8 Å². The molecule has 30 heavy (non-hydrogen) atoms. The second-order valence-corrected chi connectivity index (χ2v) is 8.56. The Hall–Kier alpha value is -2.66. The number of carbonyl (C=O) groups is 2. The Labute approximate surface area is 179 Å². The van der Waals surface area contributed by atoms with Gasteiger partial charge in [0.15, 0.2) is 0 Å². The molecule has 1 heterocycles. The highest BCUT2D eigenvalue weighted by atomic mass is 16.2. The van der Waals surface area contributed by atoms with Crippen molar-refractivity contribution in [2.24, 2.45) is 11.8 Å². The van der Waals surface area contributed by atoms with Gasteiger partial charge in [0.1, 0.15) is 0 Å². The number of hydrogen-bond donors (Lipinski definition) is 2. The molecule has 0 aromatic heterocycles. The number of nitrogens with zero attached hydrogens (tertiary/aromatic N) is 1. The molecule has 3 unspecified atom stereocenters. The van der Waals surface area contributed by atoms with Crippen LogP contribution in [0.2, 0.25) is 0 Å². The summed E-state index contributed by atoms with van der Waals surface area (Å²) in [6, 6.07) is 18.4. The van der Waals surface area contributed by atoms with E-state index in [0.29, 0.717) is 23.9 Å². The van der Waals surface area contributed by atoms with Crippen molar-refractivity contribution in [3.63, 3.8) is 0 Å². The minimum atomic E-state index is -0.367. The quantitative estimate of drug-likeness (QED) is 0.702. The van der Waals surface area contributed by atoms with Crippen molar-refractivity contribution >= 4 is 11.8 Å². The van der Waals surface area contributed by atoms with E-state index < -0.39 is 0 Å². The van der Waals surface area contributed by atoms with Gasteiger partial charge in [0, 0.05) is 31.7 Å². The summed E-state index contributed by atoms with van der Waals surface area (Å²) in [4.78, 5) is 27.7. The summed E-state index contributed by atoms with van der Waals surface area (Å²) in [5.74, 6) is 1.20. The molecule has 160 valence electrons. The van der Waals surface area contributed by atoms with E-state index >= 15 is 0 Å². The highest BCUT2D eigenvalue weighted by molar-refractivity contribution is 5.94. The van der Waals surface area contributed by atoms with Crippen molar-refractivity contribution in [3.05, 3.63) is 71.8 Å². The van der Waals surface area contributed by atoms with Crippen LogP contribution in [0.25, 0.3) is 0 Å². The first-order valence-corrected chi connectivity index (χ1v) is 10.9. The van der Waals surface area contributed by atoms with Crippen molar-refractivity contribution in [3.8, 4) is 0 Å². The molecule has 1 saturated heterocycles. The molecule has 0 aliphatic carbocycles. The predicted molar refractivity (Wildman–Crippen MR) is 120 cm³/mol. The molecular weight excluding hydrogens is 374 g/mol. The molecule has 5 nitrogen and oxygen atoms in total. The summed E-state index contributed by atoms with van der Waals surface area (Å²) in [5, 5.41) is 6.06. The number of amides is 2. The zero-order valence-electron chi connectivity index (χ0n) is 18.0. The summed E-state index contributed by atoms with van der Waals surface area (Å²) in [5.41, 5.74) is 1.52. The predicted octanol–water partition coefficient (Wildman–Crippen LogP) is 3.64. The van der Waals surface area contributed by atoms with Crippen LogP contribution in [-0.2, 0) is 4.79 Å². The second kappa shape index (κ2) is 10.9. The van der Waals surface area contributed by atoms with E-state index in [2.05, 4.69) is 29.4 Å². The molecule has 2 aromatic carbocycles. The van der Waals surface area contributed by atoms with E-state index in [9.17, 15) is 9.59 Å². The summed E-state index contributed by atoms with van der Waals surface area (Å²) in [6.45, 7) is 8.28. The summed E-state index contributed by atoms with van der Waals surface area (Å²) in [6.07, 6.45) is 1.50. The molecule has 0 saturated carbocycles. The highest BCUT2D eigenvalue weighted by Gasteiger charge is 2.22. The lowest BCUT2D eigenvalue weighted by Crippen LogP contribution is -2.43. The Balaban J connectivity index is 1.55. The summed E-state index contributed by atoms with van der Waals surface area (Å²) >= 11 is 0. The van der Waals surface area contributed by atoms with Gasteiger partial charge >= 0.3 is 0 Å². The maximum Gasteiger partial charge on any atom is 0.251 e. The van der Waals surface area contributed by atoms with Gasteiger partial charge in [-0.15, -0.1) is 0 Å². The van der Waals surface area contributed by atoms with Crippen LogP contribution in [0.1, 0.15) is 48.7 Å². The molecule has 1 aliphatic rings. The zero-order chi connectivity index (χ0) is 21.3. The van der Waals surface area contributed by atoms with E-state index in [-0.39, 0.29) is 24.3 Å². The van der Waals surface area contributed by atoms with Crippen molar-refractivity contribution in [2.45, 2.75) is 32.7 Å². The molecular formula is C25H33N3O2.